The van der Waals surface area contributed by atoms with Crippen LogP contribution in [0.25, 0.3) is 0 Å². The summed E-state index contributed by atoms with van der Waals surface area (Å²) in [6.07, 6.45) is 10.3. The van der Waals surface area contributed by atoms with Crippen molar-refractivity contribution in [3.05, 3.63) is 48.0 Å². The van der Waals surface area contributed by atoms with Crippen LogP contribution in [0.15, 0.2) is 36.9 Å². The number of carbonyl (C=O) groups excluding carboxylic acids is 1. The Balaban J connectivity index is 1.51. The number of hydrogen-bond donors (Lipinski definition) is 0. The van der Waals surface area contributed by atoms with Gasteiger partial charge >= 0.3 is 0 Å². The van der Waals surface area contributed by atoms with Gasteiger partial charge in [-0.15, -0.1) is 0 Å². The van der Waals surface area contributed by atoms with E-state index in [2.05, 4.69) is 33.3 Å². The first kappa shape index (κ1) is 16.3. The van der Waals surface area contributed by atoms with E-state index in [4.69, 9.17) is 0 Å². The van der Waals surface area contributed by atoms with E-state index < -0.39 is 0 Å². The van der Waals surface area contributed by atoms with Gasteiger partial charge in [0.15, 0.2) is 0 Å². The molecular weight excluding hydrogens is 314 g/mol. The molecule has 2 aliphatic heterocycles. The highest BCUT2D eigenvalue weighted by atomic mass is 16.2. The third-order valence-electron chi connectivity index (χ3n) is 6.06. The lowest BCUT2D eigenvalue weighted by atomic mass is 9.74. The summed E-state index contributed by atoms with van der Waals surface area (Å²) in [5.41, 5.74) is 2.44. The van der Waals surface area contributed by atoms with E-state index >= 15 is 0 Å². The third kappa shape index (κ3) is 2.84. The topological polar surface area (TPSA) is 54.3 Å². The molecule has 4 rings (SSSR count). The van der Waals surface area contributed by atoms with E-state index in [-0.39, 0.29) is 17.4 Å². The summed E-state index contributed by atoms with van der Waals surface area (Å²) in [6.45, 7) is 2.95. The second-order valence-electron chi connectivity index (χ2n) is 7.39. The second kappa shape index (κ2) is 6.26. The minimum Gasteiger partial charge on any atom is -0.339 e. The maximum Gasteiger partial charge on any atom is 0.223 e. The number of rotatable bonds is 3. The van der Waals surface area contributed by atoms with E-state index in [1.807, 2.05) is 42.3 Å². The predicted molar refractivity (Wildman–Crippen MR) is 94.8 cm³/mol. The van der Waals surface area contributed by atoms with Crippen LogP contribution in [0.3, 0.4) is 0 Å². The molecule has 2 fully saturated rings. The second-order valence-corrected chi connectivity index (χ2v) is 7.39. The van der Waals surface area contributed by atoms with Crippen LogP contribution in [0.4, 0.5) is 0 Å². The average molecular weight is 339 g/mol. The summed E-state index contributed by atoms with van der Waals surface area (Å²) < 4.78 is 1.85. The fraction of sp³-hybridized carbons (Fsp3) is 0.526. The van der Waals surface area contributed by atoms with Gasteiger partial charge in [-0.2, -0.15) is 5.10 Å². The van der Waals surface area contributed by atoms with Gasteiger partial charge in [-0.05, 0) is 30.5 Å². The Morgan fingerprint density at radius 3 is 2.56 bits per heavy atom. The summed E-state index contributed by atoms with van der Waals surface area (Å²) in [4.78, 5) is 21.1. The summed E-state index contributed by atoms with van der Waals surface area (Å²) in [7, 11) is 3.94. The molecule has 2 aromatic rings. The molecule has 2 saturated heterocycles. The number of likely N-dealkylation sites (tertiary alicyclic amines) is 2. The van der Waals surface area contributed by atoms with Gasteiger partial charge in [-0.25, -0.2) is 0 Å². The lowest BCUT2D eigenvalue weighted by molar-refractivity contribution is -0.130. The normalized spacial score (nSPS) is 23.5. The molecule has 0 radical (unpaired) electrons. The molecule has 132 valence electrons. The monoisotopic (exact) mass is 339 g/mol. The smallest absolute Gasteiger partial charge is 0.223 e. The van der Waals surface area contributed by atoms with Crippen molar-refractivity contribution < 1.29 is 4.79 Å². The van der Waals surface area contributed by atoms with E-state index in [9.17, 15) is 4.79 Å². The molecule has 25 heavy (non-hydrogen) atoms. The van der Waals surface area contributed by atoms with Crippen molar-refractivity contribution in [2.75, 3.05) is 20.1 Å². The Bertz CT molecular complexity index is 748. The van der Waals surface area contributed by atoms with Crippen LogP contribution in [0.5, 0.6) is 0 Å². The van der Waals surface area contributed by atoms with Gasteiger partial charge in [0.25, 0.3) is 0 Å². The molecule has 1 unspecified atom stereocenters. The highest BCUT2D eigenvalue weighted by Gasteiger charge is 2.52. The Morgan fingerprint density at radius 1 is 1.20 bits per heavy atom. The zero-order chi connectivity index (χ0) is 17.4. The summed E-state index contributed by atoms with van der Waals surface area (Å²) in [6, 6.07) is 4.14. The van der Waals surface area contributed by atoms with E-state index in [1.165, 1.54) is 11.1 Å². The predicted octanol–water partition coefficient (Wildman–Crippen LogP) is 1.80. The first-order valence-corrected chi connectivity index (χ1v) is 8.95. The first-order valence-electron chi connectivity index (χ1n) is 8.95. The molecule has 2 aromatic heterocycles. The number of aromatic nitrogens is 3. The van der Waals surface area contributed by atoms with Crippen molar-refractivity contribution in [1.82, 2.24) is 24.6 Å². The molecule has 1 spiro atoms. The van der Waals surface area contributed by atoms with Crippen molar-refractivity contribution in [3.63, 3.8) is 0 Å². The molecule has 0 N–H and O–H groups in total. The summed E-state index contributed by atoms with van der Waals surface area (Å²) in [5.74, 6) is 0.538. The van der Waals surface area contributed by atoms with Gasteiger partial charge in [0.1, 0.15) is 0 Å². The highest BCUT2D eigenvalue weighted by Crippen LogP contribution is 2.48. The van der Waals surface area contributed by atoms with Crippen LogP contribution in [-0.2, 0) is 18.4 Å². The Kier molecular flexibility index (Phi) is 4.07. The third-order valence-corrected chi connectivity index (χ3v) is 6.06. The average Bonchev–Trinajstić information content (AvgIpc) is 3.14. The van der Waals surface area contributed by atoms with Crippen LogP contribution in [0, 0.1) is 0 Å². The molecule has 4 heterocycles. The van der Waals surface area contributed by atoms with Crippen LogP contribution < -0.4 is 0 Å². The molecular formula is C19H25N5O. The molecule has 0 saturated carbocycles. The van der Waals surface area contributed by atoms with Gasteiger partial charge in [-0.3, -0.25) is 19.4 Å². The number of carbonyl (C=O) groups is 1. The van der Waals surface area contributed by atoms with Crippen molar-refractivity contribution in [2.24, 2.45) is 7.05 Å². The lowest BCUT2D eigenvalue weighted by Crippen LogP contribution is -2.53. The SMILES string of the molecule is CN1C(=O)CC(c2ccncc2)C12CCN(Cc1cnn(C)c1)CC2. The highest BCUT2D eigenvalue weighted by molar-refractivity contribution is 5.81. The van der Waals surface area contributed by atoms with Crippen LogP contribution in [0.2, 0.25) is 0 Å². The molecule has 1 atom stereocenters. The van der Waals surface area contributed by atoms with Crippen LogP contribution >= 0.6 is 0 Å². The van der Waals surface area contributed by atoms with Crippen molar-refractivity contribution >= 4 is 5.91 Å². The fourth-order valence-electron chi connectivity index (χ4n) is 4.60. The Morgan fingerprint density at radius 2 is 1.92 bits per heavy atom. The number of aryl methyl sites for hydroxylation is 1. The summed E-state index contributed by atoms with van der Waals surface area (Å²) in [5, 5.41) is 4.26. The van der Waals surface area contributed by atoms with Crippen LogP contribution in [0.1, 0.15) is 36.3 Å². The molecule has 1 amide bonds. The lowest BCUT2D eigenvalue weighted by Gasteiger charge is -2.46. The minimum absolute atomic E-state index is 0.0517. The largest absolute Gasteiger partial charge is 0.339 e. The molecule has 0 aliphatic carbocycles. The van der Waals surface area contributed by atoms with Crippen molar-refractivity contribution in [3.8, 4) is 0 Å². The minimum atomic E-state index is -0.0517. The van der Waals surface area contributed by atoms with E-state index in [1.54, 1.807) is 0 Å². The molecule has 6 nitrogen and oxygen atoms in total. The van der Waals surface area contributed by atoms with Crippen molar-refractivity contribution in [1.29, 1.82) is 0 Å². The zero-order valence-electron chi connectivity index (χ0n) is 14.9. The Labute approximate surface area is 148 Å². The van der Waals surface area contributed by atoms with E-state index in [0.717, 1.165) is 32.5 Å². The number of piperidine rings is 1. The Hall–Kier alpha value is -2.21. The number of hydrogen-bond acceptors (Lipinski definition) is 4. The van der Waals surface area contributed by atoms with Crippen LogP contribution in [-0.4, -0.2) is 56.1 Å². The standard InChI is InChI=1S/C19H25N5O/c1-22-13-15(12-21-22)14-24-9-5-19(6-10-24)17(11-18(25)23(19)2)16-3-7-20-8-4-16/h3-4,7-8,12-13,17H,5-6,9-11,14H2,1-2H3. The quantitative estimate of drug-likeness (QED) is 0.856. The molecule has 2 aliphatic rings. The van der Waals surface area contributed by atoms with Gasteiger partial charge in [0, 0.05) is 70.2 Å². The molecule has 6 heteroatoms. The number of amides is 1. The van der Waals surface area contributed by atoms with Gasteiger partial charge < -0.3 is 4.90 Å². The molecule has 0 aromatic carbocycles. The number of pyridine rings is 1. The zero-order valence-corrected chi connectivity index (χ0v) is 14.9. The van der Waals surface area contributed by atoms with Gasteiger partial charge in [0.05, 0.1) is 11.7 Å². The van der Waals surface area contributed by atoms with E-state index in [0.29, 0.717) is 6.42 Å². The number of likely N-dealkylation sites (N-methyl/N-ethyl adjacent to an activating group) is 1. The summed E-state index contributed by atoms with van der Waals surface area (Å²) >= 11 is 0. The fourth-order valence-corrected chi connectivity index (χ4v) is 4.60. The maximum absolute atomic E-state index is 12.5. The first-order chi connectivity index (χ1) is 12.1. The van der Waals surface area contributed by atoms with Crippen molar-refractivity contribution in [2.45, 2.75) is 37.3 Å². The maximum atomic E-state index is 12.5. The molecule has 0 bridgehead atoms. The number of nitrogens with zero attached hydrogens (tertiary/aromatic N) is 5. The van der Waals surface area contributed by atoms with Gasteiger partial charge in [0.2, 0.25) is 5.91 Å². The van der Waals surface area contributed by atoms with Gasteiger partial charge in [-0.1, -0.05) is 0 Å².